The number of rotatable bonds is 6. The molecule has 0 aliphatic heterocycles. The molecule has 1 aromatic carbocycles. The van der Waals surface area contributed by atoms with Crippen LogP contribution in [0.2, 0.25) is 0 Å². The predicted molar refractivity (Wildman–Crippen MR) is 76.0 cm³/mol. The Hall–Kier alpha value is -0.450. The third-order valence-electron chi connectivity index (χ3n) is 3.79. The molecule has 0 spiro atoms. The van der Waals surface area contributed by atoms with Gasteiger partial charge in [-0.1, -0.05) is 22.4 Å². The van der Waals surface area contributed by atoms with E-state index < -0.39 is 0 Å². The third kappa shape index (κ3) is 3.31. The molecule has 0 heterocycles. The first-order chi connectivity index (χ1) is 8.65. The van der Waals surface area contributed by atoms with Crippen LogP contribution in [-0.2, 0) is 6.54 Å². The topological polar surface area (TPSA) is 24.1 Å². The van der Waals surface area contributed by atoms with Crippen molar-refractivity contribution in [3.8, 4) is 0 Å². The quantitative estimate of drug-likeness (QED) is 0.843. The summed E-state index contributed by atoms with van der Waals surface area (Å²) in [6.07, 6.45) is 3.85. The van der Waals surface area contributed by atoms with E-state index in [1.54, 1.807) is 6.07 Å². The van der Waals surface area contributed by atoms with Crippen LogP contribution >= 0.6 is 15.9 Å². The number of benzene rings is 1. The minimum Gasteiger partial charge on any atom is -0.319 e. The van der Waals surface area contributed by atoms with Gasteiger partial charge in [-0.05, 0) is 43.5 Å². The highest BCUT2D eigenvalue weighted by molar-refractivity contribution is 9.10. The van der Waals surface area contributed by atoms with Crippen LogP contribution in [0.25, 0.3) is 0 Å². The zero-order valence-corrected chi connectivity index (χ0v) is 12.3. The van der Waals surface area contributed by atoms with E-state index in [9.17, 15) is 4.39 Å². The number of halogens is 2. The lowest BCUT2D eigenvalue weighted by Gasteiger charge is -2.42. The molecule has 0 atom stereocenters. The van der Waals surface area contributed by atoms with E-state index in [0.717, 1.165) is 23.1 Å². The highest BCUT2D eigenvalue weighted by Crippen LogP contribution is 2.39. The van der Waals surface area contributed by atoms with Gasteiger partial charge in [0.25, 0.3) is 0 Å². The Morgan fingerprint density at radius 2 is 2.11 bits per heavy atom. The van der Waals surface area contributed by atoms with Crippen molar-refractivity contribution in [2.75, 3.05) is 20.1 Å². The van der Waals surface area contributed by atoms with Gasteiger partial charge in [0.1, 0.15) is 5.82 Å². The molecule has 0 amide bonds. The Bertz CT molecular complexity index is 405. The smallest absolute Gasteiger partial charge is 0.127 e. The minimum absolute atomic E-state index is 0.137. The Morgan fingerprint density at radius 1 is 1.33 bits per heavy atom. The van der Waals surface area contributed by atoms with Gasteiger partial charge < -0.3 is 10.6 Å². The summed E-state index contributed by atoms with van der Waals surface area (Å²) in [5.41, 5.74) is 1.11. The molecule has 1 saturated carbocycles. The Kier molecular flexibility index (Phi) is 4.76. The first-order valence-electron chi connectivity index (χ1n) is 6.44. The molecule has 100 valence electrons. The fourth-order valence-electron chi connectivity index (χ4n) is 2.61. The maximum Gasteiger partial charge on any atom is 0.127 e. The second-order valence-electron chi connectivity index (χ2n) is 5.22. The zero-order chi connectivity index (χ0) is 13.0. The molecule has 4 heteroatoms. The van der Waals surface area contributed by atoms with E-state index in [-0.39, 0.29) is 5.82 Å². The first kappa shape index (κ1) is 14.0. The third-order valence-corrected chi connectivity index (χ3v) is 4.28. The fraction of sp³-hybridized carbons (Fsp3) is 0.571. The Balaban J connectivity index is 1.86. The summed E-state index contributed by atoms with van der Waals surface area (Å²) in [4.78, 5) is 0. The van der Waals surface area contributed by atoms with Crippen LogP contribution in [0.15, 0.2) is 22.7 Å². The van der Waals surface area contributed by atoms with E-state index in [1.807, 2.05) is 13.1 Å². The van der Waals surface area contributed by atoms with Crippen molar-refractivity contribution in [2.45, 2.75) is 25.8 Å². The standard InChI is InChI=1S/C14H20BrFN2/c1-17-9-14(5-2-6-14)10-18-8-11-7-12(15)3-4-13(11)16/h3-4,7,17-18H,2,5-6,8-10H2,1H3. The molecule has 0 unspecified atom stereocenters. The summed E-state index contributed by atoms with van der Waals surface area (Å²) in [7, 11) is 1.99. The molecular weight excluding hydrogens is 295 g/mol. The molecule has 18 heavy (non-hydrogen) atoms. The fourth-order valence-corrected chi connectivity index (χ4v) is 3.02. The molecular formula is C14H20BrFN2. The number of hydrogen-bond donors (Lipinski definition) is 2. The van der Waals surface area contributed by atoms with Gasteiger partial charge in [-0.3, -0.25) is 0 Å². The molecule has 0 bridgehead atoms. The van der Waals surface area contributed by atoms with Gasteiger partial charge in [0.15, 0.2) is 0 Å². The van der Waals surface area contributed by atoms with Gasteiger partial charge >= 0.3 is 0 Å². The van der Waals surface area contributed by atoms with E-state index in [1.165, 1.54) is 25.3 Å². The van der Waals surface area contributed by atoms with Gasteiger partial charge in [0, 0.05) is 29.7 Å². The second kappa shape index (κ2) is 6.13. The molecule has 2 rings (SSSR count). The summed E-state index contributed by atoms with van der Waals surface area (Å²) in [6.45, 7) is 2.59. The van der Waals surface area contributed by atoms with Crippen LogP contribution in [0.5, 0.6) is 0 Å². The lowest BCUT2D eigenvalue weighted by Crippen LogP contribution is -2.46. The predicted octanol–water partition coefficient (Wildman–Crippen LogP) is 3.07. The molecule has 1 fully saturated rings. The van der Waals surface area contributed by atoms with Gasteiger partial charge in [0.05, 0.1) is 0 Å². The van der Waals surface area contributed by atoms with Crippen molar-refractivity contribution >= 4 is 15.9 Å². The van der Waals surface area contributed by atoms with Crippen LogP contribution < -0.4 is 10.6 Å². The zero-order valence-electron chi connectivity index (χ0n) is 10.7. The summed E-state index contributed by atoms with van der Waals surface area (Å²) >= 11 is 3.37. The Morgan fingerprint density at radius 3 is 2.72 bits per heavy atom. The summed E-state index contributed by atoms with van der Waals surface area (Å²) < 4.78 is 14.5. The molecule has 0 aromatic heterocycles. The maximum absolute atomic E-state index is 13.6. The van der Waals surface area contributed by atoms with Crippen LogP contribution in [0.3, 0.4) is 0 Å². The summed E-state index contributed by atoms with van der Waals surface area (Å²) in [5, 5.41) is 6.65. The number of nitrogens with one attached hydrogen (secondary N) is 2. The van der Waals surface area contributed by atoms with Gasteiger partial charge in [0.2, 0.25) is 0 Å². The molecule has 1 aromatic rings. The van der Waals surface area contributed by atoms with E-state index in [0.29, 0.717) is 12.0 Å². The van der Waals surface area contributed by atoms with Crippen molar-refractivity contribution in [1.29, 1.82) is 0 Å². The monoisotopic (exact) mass is 314 g/mol. The lowest BCUT2D eigenvalue weighted by atomic mass is 9.68. The SMILES string of the molecule is CNCC1(CNCc2cc(Br)ccc2F)CCC1. The highest BCUT2D eigenvalue weighted by atomic mass is 79.9. The van der Waals surface area contributed by atoms with Crippen LogP contribution in [-0.4, -0.2) is 20.1 Å². The van der Waals surface area contributed by atoms with E-state index in [4.69, 9.17) is 0 Å². The molecule has 1 aliphatic carbocycles. The van der Waals surface area contributed by atoms with Crippen LogP contribution in [0, 0.1) is 11.2 Å². The molecule has 0 radical (unpaired) electrons. The first-order valence-corrected chi connectivity index (χ1v) is 7.24. The van der Waals surface area contributed by atoms with Gasteiger partial charge in [-0.25, -0.2) is 4.39 Å². The molecule has 0 saturated heterocycles. The maximum atomic E-state index is 13.6. The van der Waals surface area contributed by atoms with Crippen molar-refractivity contribution in [3.63, 3.8) is 0 Å². The van der Waals surface area contributed by atoms with Gasteiger partial charge in [-0.2, -0.15) is 0 Å². The van der Waals surface area contributed by atoms with Gasteiger partial charge in [-0.15, -0.1) is 0 Å². The normalized spacial score (nSPS) is 17.5. The van der Waals surface area contributed by atoms with Crippen molar-refractivity contribution in [3.05, 3.63) is 34.1 Å². The highest BCUT2D eigenvalue weighted by Gasteiger charge is 2.35. The van der Waals surface area contributed by atoms with Crippen LogP contribution in [0.4, 0.5) is 4.39 Å². The average Bonchev–Trinajstić information content (AvgIpc) is 2.30. The largest absolute Gasteiger partial charge is 0.319 e. The van der Waals surface area contributed by atoms with E-state index in [2.05, 4.69) is 26.6 Å². The summed E-state index contributed by atoms with van der Waals surface area (Å²) in [6, 6.07) is 5.08. The van der Waals surface area contributed by atoms with Crippen molar-refractivity contribution < 1.29 is 4.39 Å². The number of hydrogen-bond acceptors (Lipinski definition) is 2. The Labute approximate surface area is 116 Å². The average molecular weight is 315 g/mol. The van der Waals surface area contributed by atoms with Crippen molar-refractivity contribution in [1.82, 2.24) is 10.6 Å². The lowest BCUT2D eigenvalue weighted by molar-refractivity contribution is 0.130. The summed E-state index contributed by atoms with van der Waals surface area (Å²) in [5.74, 6) is -0.137. The van der Waals surface area contributed by atoms with E-state index >= 15 is 0 Å². The molecule has 2 N–H and O–H groups in total. The van der Waals surface area contributed by atoms with Crippen molar-refractivity contribution in [2.24, 2.45) is 5.41 Å². The minimum atomic E-state index is -0.137. The molecule has 1 aliphatic rings. The molecule has 2 nitrogen and oxygen atoms in total. The van der Waals surface area contributed by atoms with Crippen LogP contribution in [0.1, 0.15) is 24.8 Å². The second-order valence-corrected chi connectivity index (χ2v) is 6.14.